The second-order valence-electron chi connectivity index (χ2n) is 6.02. The monoisotopic (exact) mass is 369 g/mol. The largest absolute Gasteiger partial charge is 0.383 e. The minimum Gasteiger partial charge on any atom is -0.383 e. The molecule has 0 bridgehead atoms. The van der Waals surface area contributed by atoms with Crippen LogP contribution in [0.2, 0.25) is 0 Å². The number of para-hydroxylation sites is 3. The second-order valence-corrected chi connectivity index (χ2v) is 7.33. The average molecular weight is 369 g/mol. The van der Waals surface area contributed by atoms with Gasteiger partial charge in [0.1, 0.15) is 0 Å². The number of benzene rings is 2. The van der Waals surface area contributed by atoms with Crippen LogP contribution >= 0.6 is 11.8 Å². The highest BCUT2D eigenvalue weighted by Crippen LogP contribution is 2.28. The van der Waals surface area contributed by atoms with Crippen molar-refractivity contribution in [2.24, 2.45) is 0 Å². The molecular formula is C20H23N3O2S. The number of fused-ring (bicyclic) bond motifs is 1. The third-order valence-electron chi connectivity index (χ3n) is 4.24. The number of anilines is 1. The Labute approximate surface area is 158 Å². The Kier molecular flexibility index (Phi) is 5.96. The smallest absolute Gasteiger partial charge is 0.240 e. The lowest BCUT2D eigenvalue weighted by Crippen LogP contribution is -2.33. The Morgan fingerprint density at radius 3 is 2.62 bits per heavy atom. The van der Waals surface area contributed by atoms with E-state index in [1.54, 1.807) is 12.0 Å². The summed E-state index contributed by atoms with van der Waals surface area (Å²) in [7, 11) is 3.50. The number of hydrogen-bond donors (Lipinski definition) is 0. The molecule has 0 radical (unpaired) electrons. The number of carbonyl (C=O) groups is 1. The van der Waals surface area contributed by atoms with Crippen molar-refractivity contribution in [3.63, 3.8) is 0 Å². The molecule has 136 valence electrons. The highest BCUT2D eigenvalue weighted by Gasteiger charge is 2.22. The van der Waals surface area contributed by atoms with Crippen LogP contribution in [0.25, 0.3) is 11.0 Å². The molecule has 0 aliphatic carbocycles. The molecule has 0 aliphatic heterocycles. The zero-order valence-electron chi connectivity index (χ0n) is 15.3. The first-order chi connectivity index (χ1) is 12.6. The number of carbonyl (C=O) groups excluding carboxylic acids is 1. The van der Waals surface area contributed by atoms with Crippen LogP contribution in [0.1, 0.15) is 6.92 Å². The molecule has 3 rings (SSSR count). The molecule has 0 saturated carbocycles. The summed E-state index contributed by atoms with van der Waals surface area (Å²) in [6.45, 7) is 3.22. The third-order valence-corrected chi connectivity index (χ3v) is 5.32. The number of ether oxygens (including phenoxy) is 1. The van der Waals surface area contributed by atoms with E-state index in [2.05, 4.69) is 4.57 Å². The molecule has 0 saturated heterocycles. The first-order valence-electron chi connectivity index (χ1n) is 8.55. The van der Waals surface area contributed by atoms with Gasteiger partial charge in [-0.1, -0.05) is 42.1 Å². The van der Waals surface area contributed by atoms with Crippen LogP contribution in [0.3, 0.4) is 0 Å². The van der Waals surface area contributed by atoms with Crippen LogP contribution < -0.4 is 4.90 Å². The molecule has 0 N–H and O–H groups in total. The first-order valence-corrected chi connectivity index (χ1v) is 9.43. The maximum atomic E-state index is 12.8. The molecule has 0 fully saturated rings. The van der Waals surface area contributed by atoms with E-state index in [4.69, 9.17) is 9.72 Å². The molecule has 1 amide bonds. The molecule has 0 spiro atoms. The van der Waals surface area contributed by atoms with Crippen molar-refractivity contribution in [1.82, 2.24) is 9.55 Å². The predicted molar refractivity (Wildman–Crippen MR) is 107 cm³/mol. The van der Waals surface area contributed by atoms with Crippen LogP contribution in [0.5, 0.6) is 0 Å². The molecule has 5 nitrogen and oxygen atoms in total. The fourth-order valence-electron chi connectivity index (χ4n) is 2.80. The third kappa shape index (κ3) is 3.92. The zero-order chi connectivity index (χ0) is 18.5. The average Bonchev–Trinajstić information content (AvgIpc) is 3.02. The molecule has 0 aliphatic rings. The van der Waals surface area contributed by atoms with Crippen molar-refractivity contribution < 1.29 is 9.53 Å². The van der Waals surface area contributed by atoms with E-state index in [0.29, 0.717) is 13.2 Å². The maximum absolute atomic E-state index is 12.8. The Balaban J connectivity index is 1.82. The topological polar surface area (TPSA) is 47.4 Å². The summed E-state index contributed by atoms with van der Waals surface area (Å²) in [6, 6.07) is 17.7. The van der Waals surface area contributed by atoms with Crippen molar-refractivity contribution in [3.05, 3.63) is 54.6 Å². The van der Waals surface area contributed by atoms with Gasteiger partial charge in [-0.25, -0.2) is 4.98 Å². The predicted octanol–water partition coefficient (Wildman–Crippen LogP) is 3.83. The number of imidazole rings is 1. The molecule has 26 heavy (non-hydrogen) atoms. The number of nitrogens with zero attached hydrogens (tertiary/aromatic N) is 3. The van der Waals surface area contributed by atoms with E-state index in [-0.39, 0.29) is 11.2 Å². The first kappa shape index (κ1) is 18.5. The van der Waals surface area contributed by atoms with Crippen molar-refractivity contribution >= 4 is 34.4 Å². The van der Waals surface area contributed by atoms with Crippen LogP contribution in [0.4, 0.5) is 5.69 Å². The molecule has 1 atom stereocenters. The van der Waals surface area contributed by atoms with Crippen molar-refractivity contribution in [2.45, 2.75) is 23.9 Å². The molecule has 6 heteroatoms. The van der Waals surface area contributed by atoms with Crippen LogP contribution in [0.15, 0.2) is 59.8 Å². The van der Waals surface area contributed by atoms with Crippen molar-refractivity contribution in [3.8, 4) is 0 Å². The summed E-state index contributed by atoms with van der Waals surface area (Å²) in [4.78, 5) is 19.2. The minimum absolute atomic E-state index is 0.0477. The summed E-state index contributed by atoms with van der Waals surface area (Å²) in [5.74, 6) is 0.0477. The van der Waals surface area contributed by atoms with Crippen LogP contribution in [-0.2, 0) is 16.1 Å². The fraction of sp³-hybridized carbons (Fsp3) is 0.300. The lowest BCUT2D eigenvalue weighted by molar-refractivity contribution is -0.117. The van der Waals surface area contributed by atoms with Crippen molar-refractivity contribution in [1.29, 1.82) is 0 Å². The fourth-order valence-corrected chi connectivity index (χ4v) is 3.85. The van der Waals surface area contributed by atoms with E-state index in [1.165, 1.54) is 11.8 Å². The highest BCUT2D eigenvalue weighted by molar-refractivity contribution is 8.00. The van der Waals surface area contributed by atoms with Gasteiger partial charge in [0.15, 0.2) is 5.16 Å². The van der Waals surface area contributed by atoms with Crippen LogP contribution in [-0.4, -0.2) is 41.5 Å². The Morgan fingerprint density at radius 1 is 1.19 bits per heavy atom. The number of aromatic nitrogens is 2. The standard InChI is InChI=1S/C20H23N3O2S/c1-15(19(24)22(2)16-9-5-4-6-10-16)26-20-21-17-11-7-8-12-18(17)23(20)13-14-25-3/h4-12,15H,13-14H2,1-3H3. The van der Waals surface area contributed by atoms with Crippen LogP contribution in [0, 0.1) is 0 Å². The quantitative estimate of drug-likeness (QED) is 0.594. The number of hydrogen-bond acceptors (Lipinski definition) is 4. The Hall–Kier alpha value is -2.31. The van der Waals surface area contributed by atoms with Gasteiger partial charge in [0.05, 0.1) is 22.9 Å². The van der Waals surface area contributed by atoms with Gasteiger partial charge in [0.25, 0.3) is 0 Å². The highest BCUT2D eigenvalue weighted by atomic mass is 32.2. The van der Waals surface area contributed by atoms with E-state index >= 15 is 0 Å². The second kappa shape index (κ2) is 8.38. The van der Waals surface area contributed by atoms with Crippen molar-refractivity contribution in [2.75, 3.05) is 25.7 Å². The molecule has 1 unspecified atom stereocenters. The Morgan fingerprint density at radius 2 is 1.88 bits per heavy atom. The molecule has 1 heterocycles. The summed E-state index contributed by atoms with van der Waals surface area (Å²) in [5, 5.41) is 0.587. The van der Waals surface area contributed by atoms with E-state index in [9.17, 15) is 4.79 Å². The summed E-state index contributed by atoms with van der Waals surface area (Å²) < 4.78 is 7.36. The SMILES string of the molecule is COCCn1c(SC(C)C(=O)N(C)c2ccccc2)nc2ccccc21. The van der Waals surface area contributed by atoms with Gasteiger partial charge in [-0.2, -0.15) is 0 Å². The van der Waals surface area contributed by atoms with Gasteiger partial charge in [-0.3, -0.25) is 4.79 Å². The summed E-state index contributed by atoms with van der Waals surface area (Å²) in [5.41, 5.74) is 2.88. The maximum Gasteiger partial charge on any atom is 0.240 e. The van der Waals surface area contributed by atoms with E-state index in [1.807, 2.05) is 68.6 Å². The Bertz CT molecular complexity index is 879. The normalized spacial score (nSPS) is 12.3. The lowest BCUT2D eigenvalue weighted by atomic mass is 10.3. The van der Waals surface area contributed by atoms with Gasteiger partial charge in [0.2, 0.25) is 5.91 Å². The number of methoxy groups -OCH3 is 1. The number of amides is 1. The van der Waals surface area contributed by atoms with Gasteiger partial charge in [-0.15, -0.1) is 0 Å². The van der Waals surface area contributed by atoms with Gasteiger partial charge < -0.3 is 14.2 Å². The van der Waals surface area contributed by atoms with Gasteiger partial charge in [-0.05, 0) is 31.2 Å². The number of thioether (sulfide) groups is 1. The lowest BCUT2D eigenvalue weighted by Gasteiger charge is -2.21. The van der Waals surface area contributed by atoms with E-state index < -0.39 is 0 Å². The van der Waals surface area contributed by atoms with E-state index in [0.717, 1.165) is 21.9 Å². The molecular weight excluding hydrogens is 346 g/mol. The molecule has 1 aromatic heterocycles. The number of rotatable bonds is 7. The van der Waals surface area contributed by atoms with Gasteiger partial charge in [0, 0.05) is 26.4 Å². The zero-order valence-corrected chi connectivity index (χ0v) is 16.1. The summed E-state index contributed by atoms with van der Waals surface area (Å²) in [6.07, 6.45) is 0. The minimum atomic E-state index is -0.252. The van der Waals surface area contributed by atoms with Gasteiger partial charge >= 0.3 is 0 Å². The summed E-state index contributed by atoms with van der Waals surface area (Å²) >= 11 is 1.48. The molecule has 2 aromatic carbocycles. The molecule has 3 aromatic rings.